The molecular formula is C21H27N5O2S. The Morgan fingerprint density at radius 3 is 2.34 bits per heavy atom. The first-order valence-corrected chi connectivity index (χ1v) is 10.6. The lowest BCUT2D eigenvalue weighted by Crippen LogP contribution is -2.40. The van der Waals surface area contributed by atoms with Gasteiger partial charge in [0.15, 0.2) is 11.6 Å². The fourth-order valence-electron chi connectivity index (χ4n) is 2.99. The fraction of sp³-hybridized carbons (Fsp3) is 0.429. The molecule has 0 aliphatic heterocycles. The molecule has 0 amide bonds. The van der Waals surface area contributed by atoms with Gasteiger partial charge in [0.05, 0.1) is 16.9 Å². The summed E-state index contributed by atoms with van der Waals surface area (Å²) in [5.74, 6) is 0.791. The molecule has 2 atom stereocenters. The van der Waals surface area contributed by atoms with Crippen molar-refractivity contribution in [2.24, 2.45) is 7.05 Å². The van der Waals surface area contributed by atoms with Gasteiger partial charge in [0, 0.05) is 36.4 Å². The Balaban J connectivity index is 2.20. The molecule has 0 radical (unpaired) electrons. The third kappa shape index (κ3) is 4.34. The summed E-state index contributed by atoms with van der Waals surface area (Å²) >= 11 is -1.26. The topological polar surface area (TPSA) is 95.8 Å². The summed E-state index contributed by atoms with van der Waals surface area (Å²) in [4.78, 5) is 26.5. The van der Waals surface area contributed by atoms with Crippen LogP contribution >= 0.6 is 0 Å². The van der Waals surface area contributed by atoms with Gasteiger partial charge in [-0.3, -0.25) is 9.36 Å². The van der Waals surface area contributed by atoms with Crippen LogP contribution in [0.5, 0.6) is 0 Å². The van der Waals surface area contributed by atoms with E-state index >= 15 is 0 Å². The second-order valence-electron chi connectivity index (χ2n) is 8.35. The first-order chi connectivity index (χ1) is 13.5. The molecule has 0 aliphatic rings. The minimum Gasteiger partial charge on any atom is -0.598 e. The predicted molar refractivity (Wildman–Crippen MR) is 117 cm³/mol. The molecule has 0 saturated carbocycles. The monoisotopic (exact) mass is 413 g/mol. The Kier molecular flexibility index (Phi) is 5.80. The summed E-state index contributed by atoms with van der Waals surface area (Å²) in [5, 5.41) is 0.522. The molecule has 7 nitrogen and oxygen atoms in total. The van der Waals surface area contributed by atoms with Crippen LogP contribution in [-0.2, 0) is 18.4 Å². The maximum atomic E-state index is 13.1. The molecular weight excluding hydrogens is 386 g/mol. The Hall–Kier alpha value is -2.29. The Morgan fingerprint density at radius 2 is 1.76 bits per heavy atom. The number of hydrogen-bond acceptors (Lipinski definition) is 6. The van der Waals surface area contributed by atoms with Crippen molar-refractivity contribution in [3.8, 4) is 11.6 Å². The number of fused-ring (bicyclic) bond motifs is 1. The number of aryl methyl sites for hydroxylation is 2. The molecule has 0 spiro atoms. The fourth-order valence-corrected chi connectivity index (χ4v) is 3.79. The van der Waals surface area contributed by atoms with Gasteiger partial charge in [0.1, 0.15) is 4.75 Å². The zero-order valence-corrected chi connectivity index (χ0v) is 18.7. The molecule has 0 fully saturated rings. The second-order valence-corrected chi connectivity index (χ2v) is 10.4. The number of aromatic nitrogens is 4. The van der Waals surface area contributed by atoms with Gasteiger partial charge in [0.2, 0.25) is 0 Å². The lowest BCUT2D eigenvalue weighted by molar-refractivity contribution is 0.531. The molecule has 29 heavy (non-hydrogen) atoms. The van der Waals surface area contributed by atoms with Crippen LogP contribution in [0.25, 0.3) is 22.6 Å². The van der Waals surface area contributed by atoms with Gasteiger partial charge in [-0.1, -0.05) is 6.07 Å². The third-order valence-electron chi connectivity index (χ3n) is 4.64. The van der Waals surface area contributed by atoms with Crippen molar-refractivity contribution in [3.63, 3.8) is 0 Å². The Bertz CT molecular complexity index is 1100. The van der Waals surface area contributed by atoms with Crippen LogP contribution in [0.3, 0.4) is 0 Å². The Labute approximate surface area is 173 Å². The SMILES string of the molecule is Cc1cnc(-c2nc3c([C@@H](C)N[S+]([O-])C(C)(C)C)cc(C)cc3c(=O)n2C)nc1. The second kappa shape index (κ2) is 7.85. The van der Waals surface area contributed by atoms with Crippen LogP contribution in [0.4, 0.5) is 0 Å². The summed E-state index contributed by atoms with van der Waals surface area (Å²) in [6.45, 7) is 11.5. The molecule has 2 heterocycles. The normalized spacial score (nSPS) is 14.2. The van der Waals surface area contributed by atoms with Gasteiger partial charge in [0.25, 0.3) is 5.56 Å². The highest BCUT2D eigenvalue weighted by Gasteiger charge is 2.29. The van der Waals surface area contributed by atoms with E-state index in [0.717, 1.165) is 16.7 Å². The standard InChI is InChI=1S/C21H27N5O2S/c1-12-8-15(14(3)25-29(28)21(4,5)6)17-16(9-12)20(27)26(7)19(24-17)18-22-10-13(2)11-23-18/h8-11,14,25H,1-7H3/t14-,29?/m1/s1. The van der Waals surface area contributed by atoms with E-state index in [1.165, 1.54) is 4.57 Å². The highest BCUT2D eigenvalue weighted by atomic mass is 32.2. The van der Waals surface area contributed by atoms with E-state index in [4.69, 9.17) is 4.98 Å². The Morgan fingerprint density at radius 1 is 1.14 bits per heavy atom. The number of nitrogens with one attached hydrogen (secondary N) is 1. The summed E-state index contributed by atoms with van der Waals surface area (Å²) < 4.78 is 16.8. The average Bonchev–Trinajstić information content (AvgIpc) is 2.64. The largest absolute Gasteiger partial charge is 0.598 e. The summed E-state index contributed by atoms with van der Waals surface area (Å²) in [5.41, 5.74) is 3.11. The molecule has 2 aromatic heterocycles. The molecule has 8 heteroatoms. The number of hydrogen-bond donors (Lipinski definition) is 1. The molecule has 1 N–H and O–H groups in total. The molecule has 0 saturated heterocycles. The third-order valence-corrected chi connectivity index (χ3v) is 6.32. The van der Waals surface area contributed by atoms with Crippen molar-refractivity contribution in [3.05, 3.63) is 51.6 Å². The molecule has 1 unspecified atom stereocenters. The molecule has 3 aromatic rings. The number of rotatable bonds is 4. The van der Waals surface area contributed by atoms with Crippen molar-refractivity contribution in [1.82, 2.24) is 24.2 Å². The van der Waals surface area contributed by atoms with Crippen LogP contribution < -0.4 is 10.3 Å². The number of nitrogens with zero attached hydrogens (tertiary/aromatic N) is 4. The lowest BCUT2D eigenvalue weighted by Gasteiger charge is -2.27. The van der Waals surface area contributed by atoms with Gasteiger partial charge in [-0.2, -0.15) is 0 Å². The van der Waals surface area contributed by atoms with E-state index in [2.05, 4.69) is 14.7 Å². The maximum Gasteiger partial charge on any atom is 0.261 e. The van der Waals surface area contributed by atoms with Crippen molar-refractivity contribution < 1.29 is 4.55 Å². The van der Waals surface area contributed by atoms with Gasteiger partial charge in [-0.25, -0.2) is 15.0 Å². The first-order valence-electron chi connectivity index (χ1n) is 9.47. The highest BCUT2D eigenvalue weighted by Crippen LogP contribution is 2.27. The van der Waals surface area contributed by atoms with Crippen molar-refractivity contribution in [2.75, 3.05) is 0 Å². The van der Waals surface area contributed by atoms with Gasteiger partial charge < -0.3 is 4.55 Å². The van der Waals surface area contributed by atoms with Crippen LogP contribution in [0.1, 0.15) is 50.4 Å². The van der Waals surface area contributed by atoms with Crippen molar-refractivity contribution >= 4 is 22.3 Å². The minimum absolute atomic E-state index is 0.164. The lowest BCUT2D eigenvalue weighted by atomic mass is 10.0. The van der Waals surface area contributed by atoms with E-state index in [9.17, 15) is 9.35 Å². The first kappa shape index (κ1) is 21.4. The summed E-state index contributed by atoms with van der Waals surface area (Å²) in [6, 6.07) is 3.55. The van der Waals surface area contributed by atoms with E-state index in [0.29, 0.717) is 22.6 Å². The van der Waals surface area contributed by atoms with E-state index in [1.54, 1.807) is 19.4 Å². The maximum absolute atomic E-state index is 13.1. The van der Waals surface area contributed by atoms with Gasteiger partial charge in [-0.05, 0) is 58.7 Å². The average molecular weight is 414 g/mol. The molecule has 0 bridgehead atoms. The summed E-state index contributed by atoms with van der Waals surface area (Å²) in [7, 11) is 1.67. The van der Waals surface area contributed by atoms with Crippen LogP contribution in [0.15, 0.2) is 29.3 Å². The summed E-state index contributed by atoms with van der Waals surface area (Å²) in [6.07, 6.45) is 3.40. The zero-order chi connectivity index (χ0) is 21.5. The molecule has 1 aromatic carbocycles. The van der Waals surface area contributed by atoms with E-state index in [1.807, 2.05) is 53.7 Å². The van der Waals surface area contributed by atoms with Crippen LogP contribution in [-0.4, -0.2) is 28.8 Å². The van der Waals surface area contributed by atoms with Gasteiger partial charge in [-0.15, -0.1) is 4.72 Å². The van der Waals surface area contributed by atoms with E-state index < -0.39 is 16.1 Å². The number of benzene rings is 1. The molecule has 154 valence electrons. The van der Waals surface area contributed by atoms with Crippen LogP contribution in [0.2, 0.25) is 0 Å². The van der Waals surface area contributed by atoms with Crippen molar-refractivity contribution in [1.29, 1.82) is 0 Å². The zero-order valence-electron chi connectivity index (χ0n) is 17.9. The van der Waals surface area contributed by atoms with E-state index in [-0.39, 0.29) is 11.6 Å². The molecule has 3 rings (SSSR count). The predicted octanol–water partition coefficient (Wildman–Crippen LogP) is 3.12. The highest BCUT2D eigenvalue weighted by molar-refractivity contribution is 7.90. The quantitative estimate of drug-likeness (QED) is 0.660. The van der Waals surface area contributed by atoms with Crippen molar-refractivity contribution in [2.45, 2.75) is 52.3 Å². The van der Waals surface area contributed by atoms with Crippen LogP contribution in [0, 0.1) is 13.8 Å². The van der Waals surface area contributed by atoms with Gasteiger partial charge >= 0.3 is 0 Å². The minimum atomic E-state index is -1.26. The smallest absolute Gasteiger partial charge is 0.261 e. The molecule has 0 aliphatic carbocycles.